The van der Waals surface area contributed by atoms with Crippen LogP contribution in [0.4, 0.5) is 5.69 Å². The molecule has 3 aromatic carbocycles. The number of aliphatic carboxylic acids is 1. The molecular weight excluding hydrogens is 438 g/mol. The van der Waals surface area contributed by atoms with E-state index in [1.807, 2.05) is 41.4 Å². The smallest absolute Gasteiger partial charge is 0.303 e. The number of carboxylic acid groups (broad SMARTS) is 1. The van der Waals surface area contributed by atoms with Gasteiger partial charge in [-0.25, -0.2) is 4.98 Å². The van der Waals surface area contributed by atoms with E-state index in [-0.39, 0.29) is 6.42 Å². The summed E-state index contributed by atoms with van der Waals surface area (Å²) in [4.78, 5) is 17.3. The summed E-state index contributed by atoms with van der Waals surface area (Å²) in [5, 5.41) is 8.88. The number of benzene rings is 3. The van der Waals surface area contributed by atoms with E-state index >= 15 is 0 Å². The van der Waals surface area contributed by atoms with E-state index in [9.17, 15) is 4.79 Å². The molecule has 178 valence electrons. The first kappa shape index (κ1) is 22.7. The Balaban J connectivity index is 1.28. The van der Waals surface area contributed by atoms with Crippen LogP contribution in [0.25, 0.3) is 5.69 Å². The van der Waals surface area contributed by atoms with E-state index in [1.165, 1.54) is 16.8 Å². The number of hydrogen-bond donors (Lipinski definition) is 1. The van der Waals surface area contributed by atoms with Gasteiger partial charge in [0.05, 0.1) is 12.0 Å². The number of para-hydroxylation sites is 1. The van der Waals surface area contributed by atoms with Crippen molar-refractivity contribution in [2.45, 2.75) is 38.8 Å². The number of fused-ring (bicyclic) bond motifs is 1. The van der Waals surface area contributed by atoms with Crippen LogP contribution in [0.5, 0.6) is 5.75 Å². The van der Waals surface area contributed by atoms with Crippen molar-refractivity contribution in [2.75, 3.05) is 11.4 Å². The Morgan fingerprint density at radius 2 is 1.74 bits per heavy atom. The highest BCUT2D eigenvalue weighted by molar-refractivity contribution is 5.67. The third-order valence-electron chi connectivity index (χ3n) is 6.43. The van der Waals surface area contributed by atoms with Gasteiger partial charge in [-0.2, -0.15) is 0 Å². The molecular formula is C29H29N3O3. The summed E-state index contributed by atoms with van der Waals surface area (Å²) in [5.41, 5.74) is 6.97. The largest absolute Gasteiger partial charge is 0.487 e. The maximum atomic E-state index is 10.8. The Morgan fingerprint density at radius 3 is 2.49 bits per heavy atom. The van der Waals surface area contributed by atoms with E-state index in [4.69, 9.17) is 9.84 Å². The molecule has 1 N–H and O–H groups in total. The predicted octanol–water partition coefficient (Wildman–Crippen LogP) is 5.42. The van der Waals surface area contributed by atoms with Crippen LogP contribution in [0.3, 0.4) is 0 Å². The van der Waals surface area contributed by atoms with E-state index in [2.05, 4.69) is 52.3 Å². The lowest BCUT2D eigenvalue weighted by Crippen LogP contribution is -2.29. The lowest BCUT2D eigenvalue weighted by molar-refractivity contribution is -0.136. The Bertz CT molecular complexity index is 1270. The molecule has 0 amide bonds. The van der Waals surface area contributed by atoms with E-state index in [0.29, 0.717) is 13.0 Å². The first-order chi connectivity index (χ1) is 17.2. The Hall–Kier alpha value is -4.06. The zero-order valence-electron chi connectivity index (χ0n) is 19.6. The maximum Gasteiger partial charge on any atom is 0.303 e. The van der Waals surface area contributed by atoms with Gasteiger partial charge >= 0.3 is 5.97 Å². The molecule has 1 aromatic heterocycles. The summed E-state index contributed by atoms with van der Waals surface area (Å²) < 4.78 is 8.32. The fourth-order valence-electron chi connectivity index (χ4n) is 4.60. The van der Waals surface area contributed by atoms with Gasteiger partial charge in [-0.05, 0) is 59.7 Å². The SMILES string of the molecule is O=C(O)CCc1ccc(COc2cccc3c2N(Cc2ccc(-n4ccnc4)cc2)CCC3)cc1. The molecule has 6 heteroatoms. The molecule has 5 rings (SSSR count). The van der Waals surface area contributed by atoms with Crippen molar-refractivity contribution < 1.29 is 14.6 Å². The van der Waals surface area contributed by atoms with Gasteiger partial charge in [0.15, 0.2) is 0 Å². The minimum absolute atomic E-state index is 0.147. The van der Waals surface area contributed by atoms with Gasteiger partial charge < -0.3 is 19.3 Å². The van der Waals surface area contributed by atoms with Gasteiger partial charge in [-0.1, -0.05) is 48.5 Å². The maximum absolute atomic E-state index is 10.8. The third-order valence-corrected chi connectivity index (χ3v) is 6.43. The highest BCUT2D eigenvalue weighted by atomic mass is 16.5. The third kappa shape index (κ3) is 5.54. The van der Waals surface area contributed by atoms with E-state index < -0.39 is 5.97 Å². The number of aryl methyl sites for hydroxylation is 2. The Morgan fingerprint density at radius 1 is 0.971 bits per heavy atom. The average Bonchev–Trinajstić information content (AvgIpc) is 3.42. The number of rotatable bonds is 9. The molecule has 2 heterocycles. The molecule has 4 aromatic rings. The molecule has 0 fully saturated rings. The standard InChI is InChI=1S/C29H29N3O3/c33-28(34)15-12-22-6-8-24(9-7-22)20-35-27-5-1-3-25-4-2-17-31(29(25)27)19-23-10-13-26(14-11-23)32-18-16-30-21-32/h1,3,5-11,13-14,16,18,21H,2,4,12,15,17,19-20H2,(H,33,34). The monoisotopic (exact) mass is 467 g/mol. The number of imidazole rings is 1. The number of hydrogen-bond acceptors (Lipinski definition) is 4. The summed E-state index contributed by atoms with van der Waals surface area (Å²) in [7, 11) is 0. The zero-order valence-corrected chi connectivity index (χ0v) is 19.6. The number of nitrogens with zero attached hydrogens (tertiary/aromatic N) is 3. The van der Waals surface area contributed by atoms with Crippen molar-refractivity contribution in [3.63, 3.8) is 0 Å². The van der Waals surface area contributed by atoms with Crippen LogP contribution in [0.15, 0.2) is 85.5 Å². The number of aromatic nitrogens is 2. The molecule has 0 radical (unpaired) electrons. The van der Waals surface area contributed by atoms with Gasteiger partial charge in [-0.15, -0.1) is 0 Å². The molecule has 0 unspecified atom stereocenters. The fourth-order valence-corrected chi connectivity index (χ4v) is 4.60. The van der Waals surface area contributed by atoms with E-state index in [0.717, 1.165) is 48.5 Å². The Kier molecular flexibility index (Phi) is 6.80. The van der Waals surface area contributed by atoms with Crippen molar-refractivity contribution in [2.24, 2.45) is 0 Å². The molecule has 0 aliphatic carbocycles. The van der Waals surface area contributed by atoms with Crippen LogP contribution in [-0.2, 0) is 30.8 Å². The van der Waals surface area contributed by atoms with Crippen LogP contribution in [0.2, 0.25) is 0 Å². The first-order valence-electron chi connectivity index (χ1n) is 12.0. The fraction of sp³-hybridized carbons (Fsp3) is 0.241. The van der Waals surface area contributed by atoms with Crippen LogP contribution in [0.1, 0.15) is 35.1 Å². The summed E-state index contributed by atoms with van der Waals surface area (Å²) in [6.45, 7) is 2.30. The molecule has 35 heavy (non-hydrogen) atoms. The zero-order chi connectivity index (χ0) is 24.0. The van der Waals surface area contributed by atoms with Gasteiger partial charge in [0.2, 0.25) is 0 Å². The molecule has 1 aliphatic rings. The van der Waals surface area contributed by atoms with Crippen molar-refractivity contribution in [3.05, 3.63) is 108 Å². The van der Waals surface area contributed by atoms with E-state index in [1.54, 1.807) is 6.20 Å². The summed E-state index contributed by atoms with van der Waals surface area (Å²) >= 11 is 0. The number of ether oxygens (including phenoxy) is 1. The summed E-state index contributed by atoms with van der Waals surface area (Å²) in [6, 6.07) is 23.0. The van der Waals surface area contributed by atoms with Crippen molar-refractivity contribution in [1.82, 2.24) is 9.55 Å². The molecule has 0 saturated heterocycles. The Labute approximate surface area is 205 Å². The number of carboxylic acids is 1. The van der Waals surface area contributed by atoms with Gasteiger partial charge in [0.25, 0.3) is 0 Å². The molecule has 0 spiro atoms. The van der Waals surface area contributed by atoms with Crippen LogP contribution in [-0.4, -0.2) is 27.2 Å². The molecule has 0 bridgehead atoms. The van der Waals surface area contributed by atoms with Gasteiger partial charge in [0, 0.05) is 37.6 Å². The van der Waals surface area contributed by atoms with Gasteiger partial charge in [0.1, 0.15) is 12.4 Å². The second-order valence-corrected chi connectivity index (χ2v) is 8.92. The summed E-state index contributed by atoms with van der Waals surface area (Å²) in [6.07, 6.45) is 8.41. The topological polar surface area (TPSA) is 67.6 Å². The second kappa shape index (κ2) is 10.5. The minimum Gasteiger partial charge on any atom is -0.487 e. The van der Waals surface area contributed by atoms with Crippen LogP contribution in [0, 0.1) is 0 Å². The second-order valence-electron chi connectivity index (χ2n) is 8.92. The number of carbonyl (C=O) groups is 1. The van der Waals surface area contributed by atoms with Crippen molar-refractivity contribution >= 4 is 11.7 Å². The number of anilines is 1. The normalized spacial score (nSPS) is 12.9. The average molecular weight is 468 g/mol. The highest BCUT2D eigenvalue weighted by Crippen LogP contribution is 2.37. The quantitative estimate of drug-likeness (QED) is 0.356. The molecule has 0 atom stereocenters. The minimum atomic E-state index is -0.773. The molecule has 6 nitrogen and oxygen atoms in total. The van der Waals surface area contributed by atoms with Crippen LogP contribution < -0.4 is 9.64 Å². The summed E-state index contributed by atoms with van der Waals surface area (Å²) in [5.74, 6) is 0.136. The predicted molar refractivity (Wildman–Crippen MR) is 136 cm³/mol. The van der Waals surface area contributed by atoms with Crippen molar-refractivity contribution in [3.8, 4) is 11.4 Å². The van der Waals surface area contributed by atoms with Crippen LogP contribution >= 0.6 is 0 Å². The van der Waals surface area contributed by atoms with Crippen molar-refractivity contribution in [1.29, 1.82) is 0 Å². The lowest BCUT2D eigenvalue weighted by atomic mass is 10.00. The highest BCUT2D eigenvalue weighted by Gasteiger charge is 2.21. The molecule has 0 saturated carbocycles. The first-order valence-corrected chi connectivity index (χ1v) is 12.0. The van der Waals surface area contributed by atoms with Gasteiger partial charge in [-0.3, -0.25) is 4.79 Å². The lowest BCUT2D eigenvalue weighted by Gasteiger charge is -2.33. The molecule has 1 aliphatic heterocycles.